The zero-order valence-electron chi connectivity index (χ0n) is 13.0. The third-order valence-electron chi connectivity index (χ3n) is 3.42. The van der Waals surface area contributed by atoms with Gasteiger partial charge in [-0.15, -0.1) is 0 Å². The van der Waals surface area contributed by atoms with Crippen molar-refractivity contribution in [3.8, 4) is 0 Å². The summed E-state index contributed by atoms with van der Waals surface area (Å²) in [5.41, 5.74) is 0. The van der Waals surface area contributed by atoms with Gasteiger partial charge >= 0.3 is 0 Å². The number of nitrogens with zero attached hydrogens (tertiary/aromatic N) is 3. The molecular weight excluding hydrogens is 236 g/mol. The van der Waals surface area contributed by atoms with Crippen LogP contribution in [0.15, 0.2) is 24.8 Å². The number of unbranched alkanes of at least 4 members (excludes halogenated alkanes) is 3. The van der Waals surface area contributed by atoms with Crippen molar-refractivity contribution in [2.45, 2.75) is 39.2 Å². The largest absolute Gasteiger partial charge is 0.365 e. The van der Waals surface area contributed by atoms with Gasteiger partial charge in [0.1, 0.15) is 25.1 Å². The zero-order chi connectivity index (χ0) is 14.1. The van der Waals surface area contributed by atoms with Gasteiger partial charge in [0.15, 0.2) is 0 Å². The Kier molecular flexibility index (Phi) is 7.26. The molecular formula is C15H30N4+2. The maximum Gasteiger partial charge on any atom is 0.275 e. The fraction of sp³-hybridized carbons (Fsp3) is 0.667. The lowest BCUT2D eigenvalue weighted by molar-refractivity contribution is -0.679. The predicted octanol–water partition coefficient (Wildman–Crippen LogP) is 0.896. The molecule has 0 spiro atoms. The fourth-order valence-electron chi connectivity index (χ4n) is 2.11. The Balaban J connectivity index is 2.22. The van der Waals surface area contributed by atoms with Crippen molar-refractivity contribution >= 4 is 0 Å². The first-order valence-electron chi connectivity index (χ1n) is 7.35. The van der Waals surface area contributed by atoms with Crippen molar-refractivity contribution in [1.82, 2.24) is 9.47 Å². The summed E-state index contributed by atoms with van der Waals surface area (Å²) < 4.78 is 4.33. The summed E-state index contributed by atoms with van der Waals surface area (Å²) in [5.74, 6) is 1.30. The summed E-state index contributed by atoms with van der Waals surface area (Å²) >= 11 is 0. The topological polar surface area (TPSA) is 28.7 Å². The maximum atomic E-state index is 2.27. The summed E-state index contributed by atoms with van der Waals surface area (Å²) in [5, 5.41) is 2.27. The van der Waals surface area contributed by atoms with Crippen LogP contribution in [-0.2, 0) is 20.6 Å². The van der Waals surface area contributed by atoms with E-state index in [0.29, 0.717) is 0 Å². The summed E-state index contributed by atoms with van der Waals surface area (Å²) in [6, 6.07) is 0. The molecule has 0 aromatic carbocycles. The molecule has 4 heteroatoms. The van der Waals surface area contributed by atoms with E-state index in [1.54, 1.807) is 0 Å². The number of hydrogen-bond donors (Lipinski definition) is 1. The lowest BCUT2D eigenvalue weighted by atomic mass is 10.2. The van der Waals surface area contributed by atoms with E-state index in [-0.39, 0.29) is 0 Å². The van der Waals surface area contributed by atoms with Crippen molar-refractivity contribution in [2.24, 2.45) is 14.1 Å². The molecule has 4 nitrogen and oxygen atoms in total. The van der Waals surface area contributed by atoms with Crippen LogP contribution in [0.4, 0.5) is 0 Å². The Labute approximate surface area is 117 Å². The second kappa shape index (κ2) is 8.75. The second-order valence-electron chi connectivity index (χ2n) is 5.28. The summed E-state index contributed by atoms with van der Waals surface area (Å²) in [6.45, 7) is 4.38. The first-order valence-corrected chi connectivity index (χ1v) is 7.35. The van der Waals surface area contributed by atoms with Gasteiger partial charge in [-0.25, -0.2) is 9.13 Å². The van der Waals surface area contributed by atoms with Gasteiger partial charge < -0.3 is 10.2 Å². The van der Waals surface area contributed by atoms with Crippen LogP contribution < -0.4 is 9.88 Å². The highest BCUT2D eigenvalue weighted by Gasteiger charge is 2.11. The number of aryl methyl sites for hydroxylation is 2. The molecule has 0 fully saturated rings. The molecule has 0 amide bonds. The molecule has 108 valence electrons. The average Bonchev–Trinajstić information content (AvgIpc) is 2.69. The van der Waals surface area contributed by atoms with Crippen LogP contribution in [0, 0.1) is 0 Å². The third kappa shape index (κ3) is 5.92. The molecule has 1 aromatic heterocycles. The summed E-state index contributed by atoms with van der Waals surface area (Å²) in [4.78, 5) is 2.22. The minimum atomic E-state index is 0.931. The highest BCUT2D eigenvalue weighted by molar-refractivity contribution is 4.84. The Morgan fingerprint density at radius 2 is 2.16 bits per heavy atom. The molecule has 0 bridgehead atoms. The smallest absolute Gasteiger partial charge is 0.275 e. The minimum absolute atomic E-state index is 0.931. The highest BCUT2D eigenvalue weighted by atomic mass is 15.2. The lowest BCUT2D eigenvalue weighted by Crippen LogP contribution is -2.78. The van der Waals surface area contributed by atoms with E-state index in [0.717, 1.165) is 6.54 Å². The normalized spacial score (nSPS) is 11.4. The van der Waals surface area contributed by atoms with Gasteiger partial charge in [0.25, 0.3) is 5.82 Å². The van der Waals surface area contributed by atoms with Gasteiger partial charge in [0.05, 0.1) is 26.8 Å². The number of rotatable bonds is 9. The second-order valence-corrected chi connectivity index (χ2v) is 5.28. The Morgan fingerprint density at radius 3 is 2.79 bits per heavy atom. The number of quaternary nitrogens is 1. The molecule has 1 aromatic rings. The standard InChI is InChI=1S/C15H29N4/c1-5-6-7-8-9-16-10-11-17(2)14-15-18(3)12-13-19(15)4/h10-13,16H,5-9,14H2,1-4H3/q+1/p+1/b11-10-. The Hall–Kier alpha value is -1.29. The van der Waals surface area contributed by atoms with Gasteiger partial charge in [0.2, 0.25) is 0 Å². The molecule has 0 radical (unpaired) electrons. The summed E-state index contributed by atoms with van der Waals surface area (Å²) in [6.07, 6.45) is 13.9. The number of imidazole rings is 1. The van der Waals surface area contributed by atoms with Crippen LogP contribution in [0.3, 0.4) is 0 Å². The fourth-order valence-corrected chi connectivity index (χ4v) is 2.11. The number of hydrogen-bond acceptors (Lipinski definition) is 1. The van der Waals surface area contributed by atoms with Crippen LogP contribution >= 0.6 is 0 Å². The van der Waals surface area contributed by atoms with Crippen molar-refractivity contribution in [3.05, 3.63) is 30.6 Å². The Bertz CT molecular complexity index is 362. The summed E-state index contributed by atoms with van der Waals surface area (Å²) in [7, 11) is 6.30. The Morgan fingerprint density at radius 1 is 1.37 bits per heavy atom. The third-order valence-corrected chi connectivity index (χ3v) is 3.42. The number of nitrogens with two attached hydrogens (primary N) is 1. The highest BCUT2D eigenvalue weighted by Crippen LogP contribution is 1.97. The molecule has 0 atom stereocenters. The van der Waals surface area contributed by atoms with Gasteiger partial charge in [-0.2, -0.15) is 0 Å². The van der Waals surface area contributed by atoms with E-state index in [2.05, 4.69) is 72.2 Å². The van der Waals surface area contributed by atoms with Gasteiger partial charge in [-0.3, -0.25) is 0 Å². The van der Waals surface area contributed by atoms with Crippen LogP contribution in [0.25, 0.3) is 0 Å². The van der Waals surface area contributed by atoms with Gasteiger partial charge in [-0.05, 0) is 12.8 Å². The molecule has 0 unspecified atom stereocenters. The van der Waals surface area contributed by atoms with Crippen LogP contribution in [-0.4, -0.2) is 23.1 Å². The van der Waals surface area contributed by atoms with E-state index in [1.807, 2.05) is 0 Å². The maximum absolute atomic E-state index is 2.27. The van der Waals surface area contributed by atoms with Crippen LogP contribution in [0.5, 0.6) is 0 Å². The monoisotopic (exact) mass is 266 g/mol. The van der Waals surface area contributed by atoms with Crippen molar-refractivity contribution in [2.75, 3.05) is 13.6 Å². The quantitative estimate of drug-likeness (QED) is 0.522. The van der Waals surface area contributed by atoms with E-state index >= 15 is 0 Å². The van der Waals surface area contributed by atoms with Gasteiger partial charge in [-0.1, -0.05) is 19.8 Å². The van der Waals surface area contributed by atoms with Gasteiger partial charge in [0, 0.05) is 7.05 Å². The molecule has 2 N–H and O–H groups in total. The molecule has 19 heavy (non-hydrogen) atoms. The SMILES string of the molecule is CCCCCC[NH2+]/C=C\N(C)Cc1n(C)cc[n+]1C. The number of aromatic nitrogens is 2. The first-order chi connectivity index (χ1) is 9.15. The minimum Gasteiger partial charge on any atom is -0.365 e. The van der Waals surface area contributed by atoms with E-state index < -0.39 is 0 Å². The van der Waals surface area contributed by atoms with Crippen LogP contribution in [0.2, 0.25) is 0 Å². The first kappa shape index (κ1) is 15.8. The average molecular weight is 266 g/mol. The zero-order valence-corrected chi connectivity index (χ0v) is 13.0. The lowest BCUT2D eigenvalue weighted by Gasteiger charge is -2.10. The van der Waals surface area contributed by atoms with Crippen molar-refractivity contribution in [1.29, 1.82) is 0 Å². The van der Waals surface area contributed by atoms with Crippen molar-refractivity contribution < 1.29 is 9.88 Å². The molecule has 0 saturated heterocycles. The van der Waals surface area contributed by atoms with Crippen molar-refractivity contribution in [3.63, 3.8) is 0 Å². The predicted molar refractivity (Wildman–Crippen MR) is 78.1 cm³/mol. The molecule has 1 heterocycles. The molecule has 0 aliphatic heterocycles. The molecule has 0 aliphatic carbocycles. The molecule has 0 aliphatic rings. The van der Waals surface area contributed by atoms with E-state index in [9.17, 15) is 0 Å². The van der Waals surface area contributed by atoms with Crippen LogP contribution in [0.1, 0.15) is 38.4 Å². The van der Waals surface area contributed by atoms with E-state index in [4.69, 9.17) is 0 Å². The molecule has 1 rings (SSSR count). The molecule has 0 saturated carbocycles. The van der Waals surface area contributed by atoms with E-state index in [1.165, 1.54) is 38.1 Å².